The molecule has 3 unspecified atom stereocenters. The third-order valence-corrected chi connectivity index (χ3v) is 6.53. The van der Waals surface area contributed by atoms with E-state index < -0.39 is 0 Å². The van der Waals surface area contributed by atoms with Crippen molar-refractivity contribution >= 4 is 0 Å². The largest absolute Gasteiger partial charge is 0.327 e. The Labute approximate surface area is 127 Å². The fourth-order valence-corrected chi connectivity index (χ4v) is 6.37. The predicted octanol–water partition coefficient (Wildman–Crippen LogP) is 4.30. The average molecular weight is 287 g/mol. The fourth-order valence-electron chi connectivity index (χ4n) is 6.37. The number of hydrogen-bond acceptors (Lipinski definition) is 1. The van der Waals surface area contributed by atoms with Gasteiger partial charge >= 0.3 is 0 Å². The minimum Gasteiger partial charge on any atom is -0.327 e. The summed E-state index contributed by atoms with van der Waals surface area (Å²) in [5.41, 5.74) is 8.61. The first kappa shape index (κ1) is 13.8. The lowest BCUT2D eigenvalue weighted by Crippen LogP contribution is -2.58. The van der Waals surface area contributed by atoms with Crippen molar-refractivity contribution in [1.29, 1.82) is 0 Å². The number of benzene rings is 1. The Morgan fingerprint density at radius 3 is 2.57 bits per heavy atom. The Balaban J connectivity index is 1.57. The number of nitrogens with two attached hydrogens (primary N) is 1. The van der Waals surface area contributed by atoms with Crippen LogP contribution in [0.15, 0.2) is 24.3 Å². The van der Waals surface area contributed by atoms with Crippen molar-refractivity contribution in [1.82, 2.24) is 0 Å². The lowest BCUT2D eigenvalue weighted by molar-refractivity contribution is -0.112. The van der Waals surface area contributed by atoms with Crippen LogP contribution in [-0.2, 0) is 6.42 Å². The molecule has 1 aromatic rings. The lowest BCUT2D eigenvalue weighted by Gasteiger charge is -2.63. The standard InChI is InChI=1S/C19H26FN/c1-18-8-14-5-15(9-18)11-19(10-14,12-18)17(21)7-13-3-2-4-16(20)6-13/h2-4,6,14-15,17H,5,7-12,21H2,1H3. The first-order valence-corrected chi connectivity index (χ1v) is 8.46. The quantitative estimate of drug-likeness (QED) is 0.881. The summed E-state index contributed by atoms with van der Waals surface area (Å²) >= 11 is 0. The topological polar surface area (TPSA) is 26.0 Å². The molecule has 0 heterocycles. The average Bonchev–Trinajstić information content (AvgIpc) is 2.35. The minimum absolute atomic E-state index is 0.142. The molecule has 0 saturated heterocycles. The van der Waals surface area contributed by atoms with Crippen LogP contribution in [0.1, 0.15) is 51.0 Å². The Morgan fingerprint density at radius 2 is 1.95 bits per heavy atom. The molecule has 5 rings (SSSR count). The molecule has 1 aromatic carbocycles. The van der Waals surface area contributed by atoms with Crippen LogP contribution in [0, 0.1) is 28.5 Å². The highest BCUT2D eigenvalue weighted by atomic mass is 19.1. The molecule has 3 atom stereocenters. The van der Waals surface area contributed by atoms with E-state index in [1.54, 1.807) is 12.1 Å². The van der Waals surface area contributed by atoms with Gasteiger partial charge in [-0.25, -0.2) is 4.39 Å². The van der Waals surface area contributed by atoms with Crippen molar-refractivity contribution in [3.8, 4) is 0 Å². The molecule has 0 amide bonds. The number of halogens is 1. The van der Waals surface area contributed by atoms with Crippen LogP contribution in [0.5, 0.6) is 0 Å². The Hall–Kier alpha value is -0.890. The zero-order valence-electron chi connectivity index (χ0n) is 12.9. The summed E-state index contributed by atoms with van der Waals surface area (Å²) in [4.78, 5) is 0. The van der Waals surface area contributed by atoms with E-state index >= 15 is 0 Å². The molecular formula is C19H26FN. The lowest BCUT2D eigenvalue weighted by atomic mass is 9.43. The van der Waals surface area contributed by atoms with Crippen molar-refractivity contribution in [2.24, 2.45) is 28.4 Å². The normalized spacial score (nSPS) is 42.2. The van der Waals surface area contributed by atoms with E-state index in [9.17, 15) is 4.39 Å². The molecule has 4 aliphatic rings. The van der Waals surface area contributed by atoms with Gasteiger partial charge in [0, 0.05) is 6.04 Å². The molecule has 2 heteroatoms. The van der Waals surface area contributed by atoms with Crippen LogP contribution in [0.4, 0.5) is 4.39 Å². The van der Waals surface area contributed by atoms with Crippen molar-refractivity contribution in [3.05, 3.63) is 35.6 Å². The molecule has 1 nitrogen and oxygen atoms in total. The van der Waals surface area contributed by atoms with Crippen molar-refractivity contribution in [2.45, 2.75) is 57.9 Å². The summed E-state index contributed by atoms with van der Waals surface area (Å²) in [7, 11) is 0. The second-order valence-corrected chi connectivity index (χ2v) is 8.57. The molecule has 0 radical (unpaired) electrons. The Morgan fingerprint density at radius 1 is 1.24 bits per heavy atom. The highest BCUT2D eigenvalue weighted by Gasteiger charge is 2.57. The highest BCUT2D eigenvalue weighted by molar-refractivity contribution is 5.19. The van der Waals surface area contributed by atoms with Gasteiger partial charge in [-0.1, -0.05) is 19.1 Å². The van der Waals surface area contributed by atoms with Crippen LogP contribution >= 0.6 is 0 Å². The van der Waals surface area contributed by atoms with Gasteiger partial charge in [0.25, 0.3) is 0 Å². The highest BCUT2D eigenvalue weighted by Crippen LogP contribution is 2.66. The van der Waals surface area contributed by atoms with Gasteiger partial charge in [-0.3, -0.25) is 0 Å². The molecule has 4 aliphatic carbocycles. The van der Waals surface area contributed by atoms with E-state index in [0.29, 0.717) is 10.8 Å². The zero-order valence-corrected chi connectivity index (χ0v) is 12.9. The van der Waals surface area contributed by atoms with Crippen LogP contribution in [-0.4, -0.2) is 6.04 Å². The van der Waals surface area contributed by atoms with Gasteiger partial charge < -0.3 is 5.73 Å². The van der Waals surface area contributed by atoms with Gasteiger partial charge in [-0.05, 0) is 85.3 Å². The summed E-state index contributed by atoms with van der Waals surface area (Å²) < 4.78 is 13.4. The third kappa shape index (κ3) is 2.32. The molecular weight excluding hydrogens is 261 g/mol. The number of rotatable bonds is 3. The first-order chi connectivity index (χ1) is 9.96. The molecule has 21 heavy (non-hydrogen) atoms. The molecule has 0 spiro atoms. The van der Waals surface area contributed by atoms with E-state index in [-0.39, 0.29) is 11.9 Å². The third-order valence-electron chi connectivity index (χ3n) is 6.53. The summed E-state index contributed by atoms with van der Waals surface area (Å²) in [6.45, 7) is 2.48. The van der Waals surface area contributed by atoms with E-state index in [1.807, 2.05) is 6.07 Å². The summed E-state index contributed by atoms with van der Waals surface area (Å²) in [6.07, 6.45) is 9.02. The maximum atomic E-state index is 13.4. The molecule has 4 fully saturated rings. The predicted molar refractivity (Wildman–Crippen MR) is 83.3 cm³/mol. The Kier molecular flexibility index (Phi) is 2.98. The maximum Gasteiger partial charge on any atom is 0.123 e. The first-order valence-electron chi connectivity index (χ1n) is 8.46. The van der Waals surface area contributed by atoms with Crippen LogP contribution in [0.25, 0.3) is 0 Å². The van der Waals surface area contributed by atoms with Gasteiger partial charge in [-0.15, -0.1) is 0 Å². The van der Waals surface area contributed by atoms with Crippen LogP contribution in [0.2, 0.25) is 0 Å². The molecule has 2 N–H and O–H groups in total. The van der Waals surface area contributed by atoms with Crippen molar-refractivity contribution in [2.75, 3.05) is 0 Å². The monoisotopic (exact) mass is 287 g/mol. The smallest absolute Gasteiger partial charge is 0.123 e. The van der Waals surface area contributed by atoms with Crippen molar-refractivity contribution < 1.29 is 4.39 Å². The van der Waals surface area contributed by atoms with Gasteiger partial charge in [0.05, 0.1) is 0 Å². The molecule has 4 saturated carbocycles. The molecule has 0 aromatic heterocycles. The van der Waals surface area contributed by atoms with E-state index in [1.165, 1.54) is 44.6 Å². The van der Waals surface area contributed by atoms with Gasteiger partial charge in [0.15, 0.2) is 0 Å². The van der Waals surface area contributed by atoms with E-state index in [0.717, 1.165) is 23.8 Å². The zero-order chi connectivity index (χ0) is 14.7. The van der Waals surface area contributed by atoms with Crippen molar-refractivity contribution in [3.63, 3.8) is 0 Å². The second-order valence-electron chi connectivity index (χ2n) is 8.57. The van der Waals surface area contributed by atoms with E-state index in [2.05, 4.69) is 6.92 Å². The second kappa shape index (κ2) is 4.55. The Bertz CT molecular complexity index is 538. The van der Waals surface area contributed by atoms with Crippen LogP contribution < -0.4 is 5.73 Å². The van der Waals surface area contributed by atoms with Gasteiger partial charge in [-0.2, -0.15) is 0 Å². The molecule has 4 bridgehead atoms. The summed E-state index contributed by atoms with van der Waals surface area (Å²) in [5, 5.41) is 0. The fraction of sp³-hybridized carbons (Fsp3) is 0.684. The van der Waals surface area contributed by atoms with E-state index in [4.69, 9.17) is 5.73 Å². The number of hydrogen-bond donors (Lipinski definition) is 1. The maximum absolute atomic E-state index is 13.4. The summed E-state index contributed by atoms with van der Waals surface area (Å²) in [6, 6.07) is 7.18. The van der Waals surface area contributed by atoms with Crippen LogP contribution in [0.3, 0.4) is 0 Å². The van der Waals surface area contributed by atoms with Gasteiger partial charge in [0.1, 0.15) is 5.82 Å². The summed E-state index contributed by atoms with van der Waals surface area (Å²) in [5.74, 6) is 1.65. The van der Waals surface area contributed by atoms with Gasteiger partial charge in [0.2, 0.25) is 0 Å². The minimum atomic E-state index is -0.142. The molecule has 114 valence electrons. The molecule has 0 aliphatic heterocycles. The SMILES string of the molecule is CC12CC3CC(C1)CC(C(N)Cc1cccc(F)c1)(C3)C2.